The van der Waals surface area contributed by atoms with Crippen LogP contribution >= 0.6 is 0 Å². The number of carboxylic acids is 1. The number of rotatable bonds is 5. The fourth-order valence-corrected chi connectivity index (χ4v) is 2.18. The van der Waals surface area contributed by atoms with Crippen LogP contribution in [0.15, 0.2) is 0 Å². The van der Waals surface area contributed by atoms with Crippen molar-refractivity contribution in [1.29, 1.82) is 0 Å². The SMILES string of the molecule is CC(C)CN1CCN(C(=O)C(N)CC(=O)O)CC1. The van der Waals surface area contributed by atoms with Gasteiger partial charge in [-0.1, -0.05) is 13.8 Å². The van der Waals surface area contributed by atoms with E-state index >= 15 is 0 Å². The van der Waals surface area contributed by atoms with Crippen LogP contribution < -0.4 is 5.73 Å². The normalized spacial score (nSPS) is 19.0. The predicted molar refractivity (Wildman–Crippen MR) is 68.1 cm³/mol. The molecular formula is C12H23N3O3. The second kappa shape index (κ2) is 6.70. The molecule has 0 saturated carbocycles. The minimum Gasteiger partial charge on any atom is -0.481 e. The number of hydrogen-bond donors (Lipinski definition) is 2. The van der Waals surface area contributed by atoms with Crippen molar-refractivity contribution < 1.29 is 14.7 Å². The number of amides is 1. The third-order valence-corrected chi connectivity index (χ3v) is 3.02. The summed E-state index contributed by atoms with van der Waals surface area (Å²) < 4.78 is 0. The molecule has 1 saturated heterocycles. The first-order valence-corrected chi connectivity index (χ1v) is 6.38. The average Bonchev–Trinajstić information content (AvgIpc) is 2.27. The van der Waals surface area contributed by atoms with Gasteiger partial charge in [-0.15, -0.1) is 0 Å². The highest BCUT2D eigenvalue weighted by atomic mass is 16.4. The third kappa shape index (κ3) is 4.62. The van der Waals surface area contributed by atoms with Crippen molar-refractivity contribution in [2.75, 3.05) is 32.7 Å². The minimum absolute atomic E-state index is 0.249. The van der Waals surface area contributed by atoms with Gasteiger partial charge in [0.05, 0.1) is 12.5 Å². The van der Waals surface area contributed by atoms with E-state index in [1.165, 1.54) is 0 Å². The number of hydrogen-bond acceptors (Lipinski definition) is 4. The molecule has 0 aromatic heterocycles. The Kier molecular flexibility index (Phi) is 5.55. The zero-order chi connectivity index (χ0) is 13.7. The minimum atomic E-state index is -1.03. The number of aliphatic carboxylic acids is 1. The first-order chi connectivity index (χ1) is 8.40. The standard InChI is InChI=1S/C12H23N3O3/c1-9(2)8-14-3-5-15(6-4-14)12(18)10(13)7-11(16)17/h9-10H,3-8,13H2,1-2H3,(H,16,17). The molecule has 6 nitrogen and oxygen atoms in total. The summed E-state index contributed by atoms with van der Waals surface area (Å²) in [6.07, 6.45) is -0.301. The van der Waals surface area contributed by atoms with E-state index in [0.29, 0.717) is 19.0 Å². The van der Waals surface area contributed by atoms with Crippen LogP contribution in [-0.2, 0) is 9.59 Å². The van der Waals surface area contributed by atoms with Crippen molar-refractivity contribution in [3.8, 4) is 0 Å². The number of nitrogens with two attached hydrogens (primary N) is 1. The lowest BCUT2D eigenvalue weighted by Crippen LogP contribution is -2.53. The van der Waals surface area contributed by atoms with Crippen molar-refractivity contribution in [2.24, 2.45) is 11.7 Å². The van der Waals surface area contributed by atoms with Gasteiger partial charge in [-0.2, -0.15) is 0 Å². The number of carbonyl (C=O) groups excluding carboxylic acids is 1. The Morgan fingerprint density at radius 2 is 1.78 bits per heavy atom. The van der Waals surface area contributed by atoms with Crippen molar-refractivity contribution in [3.63, 3.8) is 0 Å². The molecule has 6 heteroatoms. The molecule has 0 aromatic carbocycles. The maximum Gasteiger partial charge on any atom is 0.305 e. The van der Waals surface area contributed by atoms with Gasteiger partial charge < -0.3 is 15.7 Å². The molecule has 1 unspecified atom stereocenters. The first-order valence-electron chi connectivity index (χ1n) is 6.38. The Morgan fingerprint density at radius 3 is 2.22 bits per heavy atom. The molecule has 0 radical (unpaired) electrons. The van der Waals surface area contributed by atoms with Crippen LogP contribution in [0.4, 0.5) is 0 Å². The van der Waals surface area contributed by atoms with Crippen molar-refractivity contribution >= 4 is 11.9 Å². The molecule has 3 N–H and O–H groups in total. The van der Waals surface area contributed by atoms with Crippen LogP contribution in [-0.4, -0.2) is 65.5 Å². The average molecular weight is 257 g/mol. The summed E-state index contributed by atoms with van der Waals surface area (Å²) in [6, 6.07) is -0.917. The highest BCUT2D eigenvalue weighted by Crippen LogP contribution is 2.07. The number of carboxylic acid groups (broad SMARTS) is 1. The molecule has 0 bridgehead atoms. The lowest BCUT2D eigenvalue weighted by atomic mass is 10.1. The van der Waals surface area contributed by atoms with Gasteiger partial charge in [-0.3, -0.25) is 14.5 Å². The maximum absolute atomic E-state index is 11.9. The highest BCUT2D eigenvalue weighted by molar-refractivity contribution is 5.86. The third-order valence-electron chi connectivity index (χ3n) is 3.02. The molecule has 1 rings (SSSR count). The number of carbonyl (C=O) groups is 2. The lowest BCUT2D eigenvalue weighted by Gasteiger charge is -2.36. The van der Waals surface area contributed by atoms with E-state index < -0.39 is 12.0 Å². The molecule has 0 aliphatic carbocycles. The monoisotopic (exact) mass is 257 g/mol. The largest absolute Gasteiger partial charge is 0.481 e. The fraction of sp³-hybridized carbons (Fsp3) is 0.833. The van der Waals surface area contributed by atoms with Gasteiger partial charge in [0.25, 0.3) is 0 Å². The summed E-state index contributed by atoms with van der Waals surface area (Å²) in [6.45, 7) is 8.31. The molecule has 1 amide bonds. The maximum atomic E-state index is 11.9. The Balaban J connectivity index is 2.38. The summed E-state index contributed by atoms with van der Waals surface area (Å²) in [4.78, 5) is 26.4. The molecule has 1 aliphatic rings. The molecule has 1 fully saturated rings. The second-order valence-electron chi connectivity index (χ2n) is 5.22. The first kappa shape index (κ1) is 14.9. The van der Waals surface area contributed by atoms with Crippen LogP contribution in [0.3, 0.4) is 0 Å². The highest BCUT2D eigenvalue weighted by Gasteiger charge is 2.26. The van der Waals surface area contributed by atoms with E-state index in [1.54, 1.807) is 4.90 Å². The van der Waals surface area contributed by atoms with Crippen LogP contribution in [0.1, 0.15) is 20.3 Å². The molecule has 1 atom stereocenters. The van der Waals surface area contributed by atoms with Crippen LogP contribution in [0.5, 0.6) is 0 Å². The molecule has 104 valence electrons. The van der Waals surface area contributed by atoms with Crippen LogP contribution in [0.2, 0.25) is 0 Å². The van der Waals surface area contributed by atoms with Crippen molar-refractivity contribution in [3.05, 3.63) is 0 Å². The Hall–Kier alpha value is -1.14. The molecule has 0 aromatic rings. The summed E-state index contributed by atoms with van der Waals surface area (Å²) in [5.74, 6) is -0.669. The predicted octanol–water partition coefficient (Wildman–Crippen LogP) is -0.411. The smallest absolute Gasteiger partial charge is 0.305 e. The topological polar surface area (TPSA) is 86.9 Å². The molecule has 1 heterocycles. The van der Waals surface area contributed by atoms with Gasteiger partial charge in [0.2, 0.25) is 5.91 Å². The fourth-order valence-electron chi connectivity index (χ4n) is 2.18. The quantitative estimate of drug-likeness (QED) is 0.699. The van der Waals surface area contributed by atoms with E-state index in [0.717, 1.165) is 19.6 Å². The van der Waals surface area contributed by atoms with E-state index in [4.69, 9.17) is 10.8 Å². The zero-order valence-electron chi connectivity index (χ0n) is 11.1. The number of nitrogens with zero attached hydrogens (tertiary/aromatic N) is 2. The summed E-state index contributed by atoms with van der Waals surface area (Å²) in [5, 5.41) is 8.61. The second-order valence-corrected chi connectivity index (χ2v) is 5.22. The molecular weight excluding hydrogens is 234 g/mol. The Bertz CT molecular complexity index is 299. The van der Waals surface area contributed by atoms with Gasteiger partial charge in [0, 0.05) is 32.7 Å². The van der Waals surface area contributed by atoms with Gasteiger partial charge in [-0.05, 0) is 5.92 Å². The van der Waals surface area contributed by atoms with Crippen molar-refractivity contribution in [1.82, 2.24) is 9.80 Å². The Morgan fingerprint density at radius 1 is 1.22 bits per heavy atom. The van der Waals surface area contributed by atoms with E-state index in [9.17, 15) is 9.59 Å². The van der Waals surface area contributed by atoms with Gasteiger partial charge in [0.15, 0.2) is 0 Å². The number of piperazine rings is 1. The molecule has 0 spiro atoms. The van der Waals surface area contributed by atoms with E-state index in [-0.39, 0.29) is 12.3 Å². The van der Waals surface area contributed by atoms with E-state index in [2.05, 4.69) is 18.7 Å². The lowest BCUT2D eigenvalue weighted by molar-refractivity contribution is -0.142. The summed E-state index contributed by atoms with van der Waals surface area (Å²) >= 11 is 0. The molecule has 18 heavy (non-hydrogen) atoms. The molecule has 1 aliphatic heterocycles. The van der Waals surface area contributed by atoms with Crippen molar-refractivity contribution in [2.45, 2.75) is 26.3 Å². The Labute approximate surface area is 108 Å². The van der Waals surface area contributed by atoms with Gasteiger partial charge >= 0.3 is 5.97 Å². The zero-order valence-corrected chi connectivity index (χ0v) is 11.1. The van der Waals surface area contributed by atoms with Gasteiger partial charge in [-0.25, -0.2) is 0 Å². The van der Waals surface area contributed by atoms with Crippen LogP contribution in [0, 0.1) is 5.92 Å². The van der Waals surface area contributed by atoms with Crippen LogP contribution in [0.25, 0.3) is 0 Å². The van der Waals surface area contributed by atoms with E-state index in [1.807, 2.05) is 0 Å². The summed E-state index contributed by atoms with van der Waals surface area (Å²) in [5.41, 5.74) is 5.58. The summed E-state index contributed by atoms with van der Waals surface area (Å²) in [7, 11) is 0. The van der Waals surface area contributed by atoms with Gasteiger partial charge in [0.1, 0.15) is 0 Å².